The van der Waals surface area contributed by atoms with Crippen LogP contribution in [-0.2, 0) is 0 Å². The van der Waals surface area contributed by atoms with Crippen LogP contribution in [0.4, 0.5) is 5.00 Å². The van der Waals surface area contributed by atoms with Crippen LogP contribution in [0.25, 0.3) is 0 Å². The molecular weight excluding hydrogens is 310 g/mol. The highest BCUT2D eigenvalue weighted by molar-refractivity contribution is 9.10. The molecule has 0 unspecified atom stereocenters. The number of hydrogen-bond donors (Lipinski definition) is 0. The van der Waals surface area contributed by atoms with Gasteiger partial charge in [-0.3, -0.25) is 10.1 Å². The maximum atomic E-state index is 10.7. The Labute approximate surface area is 109 Å². The summed E-state index contributed by atoms with van der Waals surface area (Å²) in [6, 6.07) is 9.47. The minimum Gasteiger partial charge on any atom is -0.258 e. The molecule has 0 amide bonds. The summed E-state index contributed by atoms with van der Waals surface area (Å²) >= 11 is 5.92. The average molecular weight is 316 g/mol. The van der Waals surface area contributed by atoms with Gasteiger partial charge in [0.25, 0.3) is 0 Å². The Hall–Kier alpha value is -0.850. The van der Waals surface area contributed by atoms with Gasteiger partial charge in [0.1, 0.15) is 4.90 Å². The predicted molar refractivity (Wildman–Crippen MR) is 69.2 cm³/mol. The monoisotopic (exact) mass is 315 g/mol. The van der Waals surface area contributed by atoms with Crippen LogP contribution in [-0.4, -0.2) is 4.92 Å². The standard InChI is InChI=1S/C10H6BrNO2S2/c11-7-2-1-3-8(6-7)16-9-4-5-15-10(9)12(13)14/h1-6H. The lowest BCUT2D eigenvalue weighted by Crippen LogP contribution is -1.84. The van der Waals surface area contributed by atoms with E-state index in [4.69, 9.17) is 0 Å². The van der Waals surface area contributed by atoms with Crippen molar-refractivity contribution in [1.82, 2.24) is 0 Å². The summed E-state index contributed by atoms with van der Waals surface area (Å²) in [5, 5.41) is 12.7. The summed E-state index contributed by atoms with van der Waals surface area (Å²) in [7, 11) is 0. The second-order valence-electron chi connectivity index (χ2n) is 2.91. The van der Waals surface area contributed by atoms with Gasteiger partial charge in [-0.05, 0) is 29.6 Å². The van der Waals surface area contributed by atoms with Crippen LogP contribution in [0.15, 0.2) is 50.0 Å². The molecule has 3 nitrogen and oxygen atoms in total. The molecule has 1 aromatic heterocycles. The topological polar surface area (TPSA) is 43.1 Å². The lowest BCUT2D eigenvalue weighted by molar-refractivity contribution is -0.382. The van der Waals surface area contributed by atoms with Crippen molar-refractivity contribution in [2.75, 3.05) is 0 Å². The molecule has 0 fully saturated rings. The Kier molecular flexibility index (Phi) is 3.63. The Bertz CT molecular complexity index is 527. The van der Waals surface area contributed by atoms with Crippen LogP contribution in [0.1, 0.15) is 0 Å². The molecule has 1 aromatic carbocycles. The van der Waals surface area contributed by atoms with E-state index in [1.807, 2.05) is 24.3 Å². The van der Waals surface area contributed by atoms with Gasteiger partial charge >= 0.3 is 5.00 Å². The lowest BCUT2D eigenvalue weighted by Gasteiger charge is -1.99. The van der Waals surface area contributed by atoms with E-state index in [2.05, 4.69) is 15.9 Å². The number of nitro groups is 1. The van der Waals surface area contributed by atoms with Crippen LogP contribution in [0.3, 0.4) is 0 Å². The molecule has 0 atom stereocenters. The second-order valence-corrected chi connectivity index (χ2v) is 5.83. The first-order chi connectivity index (χ1) is 7.66. The first-order valence-electron chi connectivity index (χ1n) is 4.32. The molecule has 6 heteroatoms. The molecule has 82 valence electrons. The van der Waals surface area contributed by atoms with Crippen LogP contribution < -0.4 is 0 Å². The molecule has 16 heavy (non-hydrogen) atoms. The molecule has 0 aliphatic carbocycles. The molecule has 0 N–H and O–H groups in total. The summed E-state index contributed by atoms with van der Waals surface area (Å²) in [5.74, 6) is 0. The van der Waals surface area contributed by atoms with E-state index in [-0.39, 0.29) is 9.92 Å². The number of halogens is 1. The van der Waals surface area contributed by atoms with Crippen molar-refractivity contribution >= 4 is 44.0 Å². The molecule has 0 radical (unpaired) electrons. The molecule has 0 bridgehead atoms. The number of hydrogen-bond acceptors (Lipinski definition) is 4. The third kappa shape index (κ3) is 2.63. The quantitative estimate of drug-likeness (QED) is 0.615. The van der Waals surface area contributed by atoms with Crippen molar-refractivity contribution in [3.63, 3.8) is 0 Å². The third-order valence-corrected chi connectivity index (χ3v) is 4.33. The molecule has 0 saturated carbocycles. The van der Waals surface area contributed by atoms with Gasteiger partial charge in [-0.1, -0.05) is 45.1 Å². The molecule has 0 saturated heterocycles. The van der Waals surface area contributed by atoms with Crippen LogP contribution >= 0.6 is 39.0 Å². The first-order valence-corrected chi connectivity index (χ1v) is 6.81. The Morgan fingerprint density at radius 2 is 2.19 bits per heavy atom. The zero-order valence-electron chi connectivity index (χ0n) is 7.92. The normalized spacial score (nSPS) is 10.3. The highest BCUT2D eigenvalue weighted by atomic mass is 79.9. The Morgan fingerprint density at radius 1 is 1.38 bits per heavy atom. The van der Waals surface area contributed by atoms with Gasteiger partial charge in [0, 0.05) is 9.37 Å². The van der Waals surface area contributed by atoms with Crippen molar-refractivity contribution in [3.8, 4) is 0 Å². The SMILES string of the molecule is O=[N+]([O-])c1sccc1Sc1cccc(Br)c1. The molecule has 2 rings (SSSR count). The van der Waals surface area contributed by atoms with E-state index >= 15 is 0 Å². The maximum Gasteiger partial charge on any atom is 0.337 e. The predicted octanol–water partition coefficient (Wildman–Crippen LogP) is 4.57. The summed E-state index contributed by atoms with van der Waals surface area (Å²) in [6.45, 7) is 0. The summed E-state index contributed by atoms with van der Waals surface area (Å²) in [6.07, 6.45) is 0. The van der Waals surface area contributed by atoms with Gasteiger partial charge in [0.05, 0.1) is 4.92 Å². The van der Waals surface area contributed by atoms with Crippen molar-refractivity contribution in [3.05, 3.63) is 50.3 Å². The Balaban J connectivity index is 2.27. The summed E-state index contributed by atoms with van der Waals surface area (Å²) < 4.78 is 0.968. The van der Waals surface area contributed by atoms with E-state index in [0.29, 0.717) is 4.90 Å². The van der Waals surface area contributed by atoms with Crippen molar-refractivity contribution in [2.24, 2.45) is 0 Å². The van der Waals surface area contributed by atoms with E-state index in [9.17, 15) is 10.1 Å². The van der Waals surface area contributed by atoms with E-state index in [1.54, 1.807) is 11.4 Å². The highest BCUT2D eigenvalue weighted by Crippen LogP contribution is 2.38. The van der Waals surface area contributed by atoms with E-state index in [1.165, 1.54) is 11.8 Å². The number of thiophene rings is 1. The van der Waals surface area contributed by atoms with Crippen LogP contribution in [0.5, 0.6) is 0 Å². The molecule has 0 spiro atoms. The lowest BCUT2D eigenvalue weighted by atomic mass is 10.4. The minimum atomic E-state index is -0.342. The third-order valence-electron chi connectivity index (χ3n) is 1.80. The van der Waals surface area contributed by atoms with Gasteiger partial charge < -0.3 is 0 Å². The van der Waals surface area contributed by atoms with Gasteiger partial charge in [-0.25, -0.2) is 0 Å². The van der Waals surface area contributed by atoms with Gasteiger partial charge in [-0.2, -0.15) is 0 Å². The number of nitrogens with zero attached hydrogens (tertiary/aromatic N) is 1. The van der Waals surface area contributed by atoms with Crippen molar-refractivity contribution < 1.29 is 4.92 Å². The smallest absolute Gasteiger partial charge is 0.258 e. The second kappa shape index (κ2) is 4.99. The zero-order chi connectivity index (χ0) is 11.5. The maximum absolute atomic E-state index is 10.7. The fraction of sp³-hybridized carbons (Fsp3) is 0. The first kappa shape index (κ1) is 11.6. The number of rotatable bonds is 3. The largest absolute Gasteiger partial charge is 0.337 e. The van der Waals surface area contributed by atoms with Crippen LogP contribution in [0.2, 0.25) is 0 Å². The fourth-order valence-corrected chi connectivity index (χ4v) is 3.55. The Morgan fingerprint density at radius 3 is 2.88 bits per heavy atom. The van der Waals surface area contributed by atoms with Gasteiger partial charge in [0.2, 0.25) is 0 Å². The van der Waals surface area contributed by atoms with E-state index < -0.39 is 0 Å². The van der Waals surface area contributed by atoms with Crippen molar-refractivity contribution in [1.29, 1.82) is 0 Å². The average Bonchev–Trinajstić information content (AvgIpc) is 2.66. The molecule has 1 heterocycles. The van der Waals surface area contributed by atoms with Gasteiger partial charge in [0.15, 0.2) is 0 Å². The fourth-order valence-electron chi connectivity index (χ4n) is 1.16. The number of benzene rings is 1. The highest BCUT2D eigenvalue weighted by Gasteiger charge is 2.16. The molecule has 0 aliphatic heterocycles. The van der Waals surface area contributed by atoms with Crippen molar-refractivity contribution in [2.45, 2.75) is 9.79 Å². The van der Waals surface area contributed by atoms with Gasteiger partial charge in [-0.15, -0.1) is 0 Å². The zero-order valence-corrected chi connectivity index (χ0v) is 11.1. The van der Waals surface area contributed by atoms with E-state index in [0.717, 1.165) is 20.7 Å². The molecular formula is C10H6BrNO2S2. The summed E-state index contributed by atoms with van der Waals surface area (Å²) in [4.78, 5) is 12.1. The molecule has 2 aromatic rings. The van der Waals surface area contributed by atoms with Crippen LogP contribution in [0, 0.1) is 10.1 Å². The summed E-state index contributed by atoms with van der Waals surface area (Å²) in [5.41, 5.74) is 0. The minimum absolute atomic E-state index is 0.199. The molecule has 0 aliphatic rings.